The molecule has 1 heterocycles. The van der Waals surface area contributed by atoms with Crippen molar-refractivity contribution in [1.82, 2.24) is 0 Å². The highest BCUT2D eigenvalue weighted by Crippen LogP contribution is 2.29. The third-order valence-corrected chi connectivity index (χ3v) is 4.53. The fourth-order valence-electron chi connectivity index (χ4n) is 1.95. The number of carbonyl (C=O) groups is 1. The quantitative estimate of drug-likeness (QED) is 0.892. The van der Waals surface area contributed by atoms with Gasteiger partial charge < -0.3 is 10.5 Å². The zero-order valence-corrected chi connectivity index (χ0v) is 10.7. The molecule has 0 saturated carbocycles. The first-order chi connectivity index (χ1) is 8.16. The third kappa shape index (κ3) is 3.23. The number of hydrogen-bond acceptors (Lipinski definition) is 3. The number of rotatable bonds is 4. The first-order valence-electron chi connectivity index (χ1n) is 5.79. The number of ether oxygens (including phenoxy) is 1. The third-order valence-electron chi connectivity index (χ3n) is 2.98. The van der Waals surface area contributed by atoms with E-state index in [1.54, 1.807) is 6.07 Å². The molecule has 0 spiro atoms. The van der Waals surface area contributed by atoms with Crippen LogP contribution >= 0.6 is 11.8 Å². The van der Waals surface area contributed by atoms with E-state index in [4.69, 9.17) is 10.5 Å². The van der Waals surface area contributed by atoms with Crippen molar-refractivity contribution in [3.05, 3.63) is 35.4 Å². The van der Waals surface area contributed by atoms with Gasteiger partial charge >= 0.3 is 0 Å². The van der Waals surface area contributed by atoms with E-state index >= 15 is 0 Å². The molecule has 4 heteroatoms. The second-order valence-electron chi connectivity index (χ2n) is 4.28. The average molecular weight is 251 g/mol. The minimum absolute atomic E-state index is 0.333. The number of hydrogen-bond donors (Lipinski definition) is 1. The Balaban J connectivity index is 1.94. The van der Waals surface area contributed by atoms with Gasteiger partial charge in [0.15, 0.2) is 0 Å². The summed E-state index contributed by atoms with van der Waals surface area (Å²) in [7, 11) is 0. The summed E-state index contributed by atoms with van der Waals surface area (Å²) in [4.78, 5) is 11.1. The summed E-state index contributed by atoms with van der Waals surface area (Å²) in [6.07, 6.45) is 1.45. The van der Waals surface area contributed by atoms with E-state index in [1.165, 1.54) is 0 Å². The Bertz CT molecular complexity index is 408. The standard InChI is InChI=1S/C13H17NO2S/c1-9-12(5-6-16-9)17-8-10-3-2-4-11(7-10)13(14)15/h2-4,7,9,12H,5-6,8H2,1H3,(H2,14,15)/t9-,12+/m1/s1. The number of carbonyl (C=O) groups excluding carboxylic acids is 1. The minimum Gasteiger partial charge on any atom is -0.377 e. The summed E-state index contributed by atoms with van der Waals surface area (Å²) in [6, 6.07) is 7.53. The molecule has 0 aromatic heterocycles. The van der Waals surface area contributed by atoms with Crippen molar-refractivity contribution in [3.8, 4) is 0 Å². The lowest BCUT2D eigenvalue weighted by atomic mass is 10.1. The largest absolute Gasteiger partial charge is 0.377 e. The highest BCUT2D eigenvalue weighted by molar-refractivity contribution is 7.99. The average Bonchev–Trinajstić information content (AvgIpc) is 2.72. The van der Waals surface area contributed by atoms with Crippen LogP contribution in [0, 0.1) is 0 Å². The van der Waals surface area contributed by atoms with Gasteiger partial charge in [-0.3, -0.25) is 4.79 Å². The molecule has 1 amide bonds. The molecule has 0 unspecified atom stereocenters. The van der Waals surface area contributed by atoms with Crippen LogP contribution in [0.25, 0.3) is 0 Å². The predicted molar refractivity (Wildman–Crippen MR) is 70.1 cm³/mol. The van der Waals surface area contributed by atoms with Crippen LogP contribution in [-0.4, -0.2) is 23.9 Å². The van der Waals surface area contributed by atoms with Crippen molar-refractivity contribution in [2.24, 2.45) is 5.73 Å². The van der Waals surface area contributed by atoms with Gasteiger partial charge in [0.1, 0.15) is 0 Å². The van der Waals surface area contributed by atoms with Gasteiger partial charge in [-0.15, -0.1) is 0 Å². The molecule has 0 bridgehead atoms. The molecule has 2 rings (SSSR count). The van der Waals surface area contributed by atoms with Gasteiger partial charge in [0.2, 0.25) is 5.91 Å². The second-order valence-corrected chi connectivity index (χ2v) is 5.51. The highest BCUT2D eigenvalue weighted by atomic mass is 32.2. The van der Waals surface area contributed by atoms with Crippen LogP contribution in [0.3, 0.4) is 0 Å². The van der Waals surface area contributed by atoms with E-state index in [2.05, 4.69) is 6.92 Å². The molecular weight excluding hydrogens is 234 g/mol. The number of primary amides is 1. The first kappa shape index (κ1) is 12.5. The Labute approximate surface area is 106 Å². The molecule has 92 valence electrons. The van der Waals surface area contributed by atoms with E-state index in [0.29, 0.717) is 16.9 Å². The summed E-state index contributed by atoms with van der Waals surface area (Å²) >= 11 is 1.89. The van der Waals surface area contributed by atoms with E-state index in [-0.39, 0.29) is 5.91 Å². The number of thioether (sulfide) groups is 1. The van der Waals surface area contributed by atoms with E-state index < -0.39 is 0 Å². The van der Waals surface area contributed by atoms with Gasteiger partial charge in [-0.1, -0.05) is 12.1 Å². The van der Waals surface area contributed by atoms with Gasteiger partial charge in [0, 0.05) is 23.2 Å². The summed E-state index contributed by atoms with van der Waals surface area (Å²) in [5.74, 6) is 0.536. The monoisotopic (exact) mass is 251 g/mol. The Morgan fingerprint density at radius 1 is 1.59 bits per heavy atom. The molecule has 1 aliphatic rings. The Kier molecular flexibility index (Phi) is 4.07. The predicted octanol–water partition coefficient (Wildman–Crippen LogP) is 2.20. The Hall–Kier alpha value is -1.00. The van der Waals surface area contributed by atoms with Crippen molar-refractivity contribution in [3.63, 3.8) is 0 Å². The number of amides is 1. The lowest BCUT2D eigenvalue weighted by Gasteiger charge is -2.13. The molecular formula is C13H17NO2S. The van der Waals surface area contributed by atoms with Gasteiger partial charge in [-0.05, 0) is 31.0 Å². The summed E-state index contributed by atoms with van der Waals surface area (Å²) in [5, 5.41) is 0.562. The van der Waals surface area contributed by atoms with E-state index in [0.717, 1.165) is 24.3 Å². The zero-order valence-electron chi connectivity index (χ0n) is 9.89. The van der Waals surface area contributed by atoms with Crippen molar-refractivity contribution in [1.29, 1.82) is 0 Å². The second kappa shape index (κ2) is 5.56. The van der Waals surface area contributed by atoms with Gasteiger partial charge in [-0.25, -0.2) is 0 Å². The highest BCUT2D eigenvalue weighted by Gasteiger charge is 2.24. The van der Waals surface area contributed by atoms with E-state index in [1.807, 2.05) is 30.0 Å². The maximum atomic E-state index is 11.1. The maximum absolute atomic E-state index is 11.1. The summed E-state index contributed by atoms with van der Waals surface area (Å²) < 4.78 is 5.52. The lowest BCUT2D eigenvalue weighted by molar-refractivity contribution is 0.1000. The zero-order chi connectivity index (χ0) is 12.3. The van der Waals surface area contributed by atoms with Crippen LogP contribution in [0.4, 0.5) is 0 Å². The molecule has 0 radical (unpaired) electrons. The van der Waals surface area contributed by atoms with E-state index in [9.17, 15) is 4.79 Å². The minimum atomic E-state index is -0.366. The Morgan fingerprint density at radius 2 is 2.41 bits per heavy atom. The molecule has 17 heavy (non-hydrogen) atoms. The van der Waals surface area contributed by atoms with Gasteiger partial charge in [0.25, 0.3) is 0 Å². The number of nitrogens with two attached hydrogens (primary N) is 1. The summed E-state index contributed by atoms with van der Waals surface area (Å²) in [5.41, 5.74) is 6.98. The van der Waals surface area contributed by atoms with Crippen LogP contribution in [0.2, 0.25) is 0 Å². The van der Waals surface area contributed by atoms with Crippen LogP contribution < -0.4 is 5.73 Å². The van der Waals surface area contributed by atoms with Crippen LogP contribution in [0.15, 0.2) is 24.3 Å². The van der Waals surface area contributed by atoms with Crippen LogP contribution in [-0.2, 0) is 10.5 Å². The smallest absolute Gasteiger partial charge is 0.248 e. The molecule has 1 saturated heterocycles. The molecule has 3 nitrogen and oxygen atoms in total. The van der Waals surface area contributed by atoms with Crippen LogP contribution in [0.5, 0.6) is 0 Å². The Morgan fingerprint density at radius 3 is 3.06 bits per heavy atom. The molecule has 0 aliphatic carbocycles. The molecule has 2 atom stereocenters. The number of benzene rings is 1. The molecule has 1 aromatic carbocycles. The normalized spacial score (nSPS) is 23.8. The molecule has 2 N–H and O–H groups in total. The fraction of sp³-hybridized carbons (Fsp3) is 0.462. The van der Waals surface area contributed by atoms with Crippen molar-refractivity contribution in [2.75, 3.05) is 6.61 Å². The van der Waals surface area contributed by atoms with Gasteiger partial charge in [0.05, 0.1) is 6.10 Å². The topological polar surface area (TPSA) is 52.3 Å². The van der Waals surface area contributed by atoms with Gasteiger partial charge in [-0.2, -0.15) is 11.8 Å². The SMILES string of the molecule is C[C@H]1OCC[C@@H]1SCc1cccc(C(N)=O)c1. The first-order valence-corrected chi connectivity index (χ1v) is 6.83. The summed E-state index contributed by atoms with van der Waals surface area (Å²) in [6.45, 7) is 2.98. The fourth-order valence-corrected chi connectivity index (χ4v) is 3.15. The van der Waals surface area contributed by atoms with Crippen molar-refractivity contribution in [2.45, 2.75) is 30.5 Å². The molecule has 1 fully saturated rings. The van der Waals surface area contributed by atoms with Crippen LogP contribution in [0.1, 0.15) is 29.3 Å². The van der Waals surface area contributed by atoms with Crippen molar-refractivity contribution < 1.29 is 9.53 Å². The lowest BCUT2D eigenvalue weighted by Crippen LogP contribution is -2.14. The molecule has 1 aromatic rings. The maximum Gasteiger partial charge on any atom is 0.248 e. The molecule has 1 aliphatic heterocycles. The van der Waals surface area contributed by atoms with Crippen molar-refractivity contribution >= 4 is 17.7 Å².